The maximum Gasteiger partial charge on any atom is 0.244 e. The highest BCUT2D eigenvalue weighted by atomic mass is 32.2. The normalized spacial score (nSPS) is 18.8. The molecule has 0 aliphatic carbocycles. The quantitative estimate of drug-likeness (QED) is 0.525. The lowest BCUT2D eigenvalue weighted by Gasteiger charge is -2.44. The summed E-state index contributed by atoms with van der Waals surface area (Å²) in [5, 5.41) is 2.90. The zero-order valence-electron chi connectivity index (χ0n) is 20.6. The highest BCUT2D eigenvalue weighted by Gasteiger charge is 2.43. The number of nitrogens with one attached hydrogen (secondary N) is 1. The SMILES string of the molecule is CC(C)C(=O)N1C(C)CN(S(=O)(=O)c2ccccc2)CC1C(=O)NCc1ccc(-c2ccco2)cc1. The standard InChI is InChI=1S/C27H31N3O5S/c1-19(2)27(32)30-20(3)17-29(36(33,34)23-8-5-4-6-9-23)18-24(30)26(31)28-16-21-11-13-22(14-12-21)25-10-7-15-35-25/h4-15,19-20,24H,16-18H2,1-3H3,(H,28,31). The molecule has 1 aliphatic heterocycles. The van der Waals surface area contributed by atoms with Crippen molar-refractivity contribution in [1.82, 2.24) is 14.5 Å². The first-order chi connectivity index (χ1) is 17.2. The van der Waals surface area contributed by atoms with E-state index in [9.17, 15) is 18.0 Å². The number of benzene rings is 2. The molecule has 36 heavy (non-hydrogen) atoms. The van der Waals surface area contributed by atoms with Crippen LogP contribution >= 0.6 is 0 Å². The van der Waals surface area contributed by atoms with Crippen LogP contribution in [0.1, 0.15) is 26.3 Å². The molecule has 4 rings (SSSR count). The van der Waals surface area contributed by atoms with E-state index in [2.05, 4.69) is 5.32 Å². The third kappa shape index (κ3) is 5.37. The van der Waals surface area contributed by atoms with Crippen LogP contribution in [0.5, 0.6) is 0 Å². The van der Waals surface area contributed by atoms with Gasteiger partial charge in [0.05, 0.1) is 11.2 Å². The maximum absolute atomic E-state index is 13.4. The van der Waals surface area contributed by atoms with Crippen molar-refractivity contribution >= 4 is 21.8 Å². The Balaban J connectivity index is 1.53. The third-order valence-electron chi connectivity index (χ3n) is 6.31. The molecule has 2 unspecified atom stereocenters. The molecule has 1 fully saturated rings. The largest absolute Gasteiger partial charge is 0.464 e. The van der Waals surface area contributed by atoms with Gasteiger partial charge < -0.3 is 14.6 Å². The molecular formula is C27H31N3O5S. The van der Waals surface area contributed by atoms with Crippen molar-refractivity contribution in [3.8, 4) is 11.3 Å². The number of carbonyl (C=O) groups excluding carboxylic acids is 2. The molecule has 0 saturated carbocycles. The van der Waals surface area contributed by atoms with Crippen molar-refractivity contribution in [3.63, 3.8) is 0 Å². The average Bonchev–Trinajstić information content (AvgIpc) is 3.42. The lowest BCUT2D eigenvalue weighted by Crippen LogP contribution is -2.65. The van der Waals surface area contributed by atoms with Crippen LogP contribution < -0.4 is 5.32 Å². The average molecular weight is 510 g/mol. The highest BCUT2D eigenvalue weighted by molar-refractivity contribution is 7.89. The number of furan rings is 1. The number of piperazine rings is 1. The second kappa shape index (κ2) is 10.7. The van der Waals surface area contributed by atoms with Gasteiger partial charge in [-0.1, -0.05) is 56.3 Å². The molecule has 3 aromatic rings. The number of amides is 2. The lowest BCUT2D eigenvalue weighted by atomic mass is 10.0. The fourth-order valence-corrected chi connectivity index (χ4v) is 5.95. The van der Waals surface area contributed by atoms with E-state index in [1.54, 1.807) is 45.2 Å². The lowest BCUT2D eigenvalue weighted by molar-refractivity contribution is -0.148. The Morgan fingerprint density at radius 1 is 1.00 bits per heavy atom. The van der Waals surface area contributed by atoms with Crippen molar-refractivity contribution in [2.45, 2.75) is 44.3 Å². The van der Waals surface area contributed by atoms with Crippen LogP contribution in [0.25, 0.3) is 11.3 Å². The van der Waals surface area contributed by atoms with E-state index in [0.29, 0.717) is 0 Å². The summed E-state index contributed by atoms with van der Waals surface area (Å²) in [4.78, 5) is 28.1. The van der Waals surface area contributed by atoms with E-state index in [-0.39, 0.29) is 42.3 Å². The van der Waals surface area contributed by atoms with Gasteiger partial charge in [0.1, 0.15) is 11.8 Å². The Hall–Kier alpha value is -3.43. The fraction of sp³-hybridized carbons (Fsp3) is 0.333. The van der Waals surface area contributed by atoms with Gasteiger partial charge in [-0.3, -0.25) is 9.59 Å². The number of rotatable bonds is 7. The molecule has 2 amide bonds. The molecule has 0 spiro atoms. The monoisotopic (exact) mass is 509 g/mol. The second-order valence-electron chi connectivity index (χ2n) is 9.29. The molecule has 0 radical (unpaired) electrons. The van der Waals surface area contributed by atoms with E-state index < -0.39 is 22.1 Å². The second-order valence-corrected chi connectivity index (χ2v) is 11.2. The predicted octanol–water partition coefficient (Wildman–Crippen LogP) is 3.51. The molecule has 1 aromatic heterocycles. The predicted molar refractivity (Wildman–Crippen MR) is 136 cm³/mol. The van der Waals surface area contributed by atoms with Gasteiger partial charge in [-0.2, -0.15) is 4.31 Å². The summed E-state index contributed by atoms with van der Waals surface area (Å²) in [6.45, 7) is 5.59. The number of hydrogen-bond donors (Lipinski definition) is 1. The van der Waals surface area contributed by atoms with Gasteiger partial charge in [-0.05, 0) is 36.8 Å². The Bertz CT molecular complexity index is 1290. The molecule has 190 valence electrons. The summed E-state index contributed by atoms with van der Waals surface area (Å²) in [7, 11) is -3.82. The minimum absolute atomic E-state index is 0.108. The first kappa shape index (κ1) is 25.7. The van der Waals surface area contributed by atoms with E-state index in [1.807, 2.05) is 36.4 Å². The summed E-state index contributed by atoms with van der Waals surface area (Å²) < 4.78 is 33.3. The molecule has 1 saturated heterocycles. The van der Waals surface area contributed by atoms with Crippen molar-refractivity contribution in [3.05, 3.63) is 78.6 Å². The van der Waals surface area contributed by atoms with Gasteiger partial charge in [-0.15, -0.1) is 0 Å². The summed E-state index contributed by atoms with van der Waals surface area (Å²) in [5.41, 5.74) is 1.80. The zero-order valence-corrected chi connectivity index (χ0v) is 21.4. The minimum atomic E-state index is -3.82. The van der Waals surface area contributed by atoms with Crippen molar-refractivity contribution < 1.29 is 22.4 Å². The van der Waals surface area contributed by atoms with E-state index >= 15 is 0 Å². The molecular weight excluding hydrogens is 478 g/mol. The van der Waals surface area contributed by atoms with E-state index in [0.717, 1.165) is 16.9 Å². The summed E-state index contributed by atoms with van der Waals surface area (Å²) >= 11 is 0. The number of nitrogens with zero attached hydrogens (tertiary/aromatic N) is 2. The van der Waals surface area contributed by atoms with E-state index in [4.69, 9.17) is 4.42 Å². The maximum atomic E-state index is 13.4. The Morgan fingerprint density at radius 2 is 1.69 bits per heavy atom. The van der Waals surface area contributed by atoms with Crippen molar-refractivity contribution in [1.29, 1.82) is 0 Å². The van der Waals surface area contributed by atoms with Gasteiger partial charge in [0.25, 0.3) is 0 Å². The van der Waals surface area contributed by atoms with E-state index in [1.165, 1.54) is 21.3 Å². The molecule has 0 bridgehead atoms. The van der Waals surface area contributed by atoms with Gasteiger partial charge in [0.15, 0.2) is 0 Å². The van der Waals surface area contributed by atoms with Crippen LogP contribution in [-0.2, 0) is 26.2 Å². The van der Waals surface area contributed by atoms with Crippen LogP contribution in [0.4, 0.5) is 0 Å². The van der Waals surface area contributed by atoms with Crippen LogP contribution in [0.15, 0.2) is 82.3 Å². The molecule has 2 atom stereocenters. The fourth-order valence-electron chi connectivity index (χ4n) is 4.40. The Labute approximate surface area is 212 Å². The van der Waals surface area contributed by atoms with Gasteiger partial charge >= 0.3 is 0 Å². The van der Waals surface area contributed by atoms with Crippen LogP contribution in [0, 0.1) is 5.92 Å². The van der Waals surface area contributed by atoms with Crippen LogP contribution in [0.2, 0.25) is 0 Å². The number of hydrogen-bond acceptors (Lipinski definition) is 5. The summed E-state index contributed by atoms with van der Waals surface area (Å²) in [6, 6.07) is 18.0. The zero-order chi connectivity index (χ0) is 25.9. The molecule has 1 N–H and O–H groups in total. The topological polar surface area (TPSA) is 99.9 Å². The molecule has 8 nitrogen and oxygen atoms in total. The smallest absolute Gasteiger partial charge is 0.244 e. The van der Waals surface area contributed by atoms with Crippen molar-refractivity contribution in [2.24, 2.45) is 5.92 Å². The van der Waals surface area contributed by atoms with Crippen molar-refractivity contribution in [2.75, 3.05) is 13.1 Å². The minimum Gasteiger partial charge on any atom is -0.464 e. The number of sulfonamides is 1. The van der Waals surface area contributed by atoms with Gasteiger partial charge in [-0.25, -0.2) is 8.42 Å². The highest BCUT2D eigenvalue weighted by Crippen LogP contribution is 2.25. The molecule has 1 aliphatic rings. The van der Waals surface area contributed by atoms with Crippen LogP contribution in [-0.4, -0.2) is 54.6 Å². The summed E-state index contributed by atoms with van der Waals surface area (Å²) in [6.07, 6.45) is 1.61. The first-order valence-corrected chi connectivity index (χ1v) is 13.4. The van der Waals surface area contributed by atoms with Crippen LogP contribution in [0.3, 0.4) is 0 Å². The first-order valence-electron chi connectivity index (χ1n) is 12.0. The Kier molecular flexibility index (Phi) is 7.61. The summed E-state index contributed by atoms with van der Waals surface area (Å²) in [5.74, 6) is -0.139. The third-order valence-corrected chi connectivity index (χ3v) is 8.16. The number of carbonyl (C=O) groups is 2. The van der Waals surface area contributed by atoms with Gasteiger partial charge in [0, 0.05) is 37.2 Å². The molecule has 2 aromatic carbocycles. The van der Waals surface area contributed by atoms with Gasteiger partial charge in [0.2, 0.25) is 21.8 Å². The molecule has 9 heteroatoms. The Morgan fingerprint density at radius 3 is 2.31 bits per heavy atom. The molecule has 2 heterocycles.